The van der Waals surface area contributed by atoms with Crippen LogP contribution in [0.3, 0.4) is 0 Å². The highest BCUT2D eigenvalue weighted by Gasteiger charge is 1.94. The SMILES string of the molecule is CC1=CCC=CC=C1C=N. The molecule has 1 aliphatic rings. The molecule has 0 aliphatic heterocycles. The quantitative estimate of drug-likeness (QED) is 0.531. The van der Waals surface area contributed by atoms with Crippen molar-refractivity contribution in [3.8, 4) is 0 Å². The Morgan fingerprint density at radius 1 is 1.60 bits per heavy atom. The monoisotopic (exact) mass is 133 g/mol. The van der Waals surface area contributed by atoms with Gasteiger partial charge in [0.25, 0.3) is 0 Å². The molecule has 1 nitrogen and oxygen atoms in total. The Labute approximate surface area is 61.3 Å². The highest BCUT2D eigenvalue weighted by Crippen LogP contribution is 2.10. The summed E-state index contributed by atoms with van der Waals surface area (Å²) in [6, 6.07) is 0. The van der Waals surface area contributed by atoms with Crippen LogP contribution in [-0.2, 0) is 0 Å². The minimum Gasteiger partial charge on any atom is -0.308 e. The summed E-state index contributed by atoms with van der Waals surface area (Å²) < 4.78 is 0. The summed E-state index contributed by atoms with van der Waals surface area (Å²) in [4.78, 5) is 0. The van der Waals surface area contributed by atoms with Gasteiger partial charge in [-0.1, -0.05) is 24.3 Å². The zero-order valence-corrected chi connectivity index (χ0v) is 6.09. The van der Waals surface area contributed by atoms with E-state index < -0.39 is 0 Å². The number of rotatable bonds is 1. The maximum atomic E-state index is 7.06. The molecule has 0 heterocycles. The first-order valence-corrected chi connectivity index (χ1v) is 3.39. The predicted molar refractivity (Wildman–Crippen MR) is 44.4 cm³/mol. The Balaban J connectivity index is 2.92. The van der Waals surface area contributed by atoms with Crippen molar-refractivity contribution in [2.75, 3.05) is 0 Å². The van der Waals surface area contributed by atoms with Crippen LogP contribution < -0.4 is 0 Å². The number of hydrogen-bond acceptors (Lipinski definition) is 1. The van der Waals surface area contributed by atoms with Gasteiger partial charge in [-0.15, -0.1) is 0 Å². The lowest BCUT2D eigenvalue weighted by molar-refractivity contribution is 1.33. The summed E-state index contributed by atoms with van der Waals surface area (Å²) in [6.45, 7) is 2.03. The van der Waals surface area contributed by atoms with E-state index in [-0.39, 0.29) is 0 Å². The van der Waals surface area contributed by atoms with E-state index >= 15 is 0 Å². The van der Waals surface area contributed by atoms with Gasteiger partial charge in [0.15, 0.2) is 0 Å². The van der Waals surface area contributed by atoms with Gasteiger partial charge in [-0.2, -0.15) is 0 Å². The summed E-state index contributed by atoms with van der Waals surface area (Å²) in [7, 11) is 0. The highest BCUT2D eigenvalue weighted by atomic mass is 14.3. The molecule has 0 saturated carbocycles. The minimum atomic E-state index is 0.986. The van der Waals surface area contributed by atoms with E-state index in [2.05, 4.69) is 12.2 Å². The van der Waals surface area contributed by atoms with Gasteiger partial charge in [-0.3, -0.25) is 0 Å². The van der Waals surface area contributed by atoms with Crippen LogP contribution in [0.5, 0.6) is 0 Å². The third-order valence-corrected chi connectivity index (χ3v) is 1.58. The fourth-order valence-corrected chi connectivity index (χ4v) is 0.906. The molecule has 0 aromatic heterocycles. The molecule has 0 spiro atoms. The molecule has 0 atom stereocenters. The molecule has 1 N–H and O–H groups in total. The lowest BCUT2D eigenvalue weighted by atomic mass is 10.1. The minimum absolute atomic E-state index is 0.986. The van der Waals surface area contributed by atoms with E-state index in [0.29, 0.717) is 0 Å². The Kier molecular flexibility index (Phi) is 2.21. The van der Waals surface area contributed by atoms with Crippen molar-refractivity contribution in [3.63, 3.8) is 0 Å². The summed E-state index contributed by atoms with van der Waals surface area (Å²) >= 11 is 0. The second kappa shape index (κ2) is 3.16. The van der Waals surface area contributed by atoms with Crippen LogP contribution in [0, 0.1) is 5.41 Å². The molecule has 10 heavy (non-hydrogen) atoms. The van der Waals surface area contributed by atoms with Gasteiger partial charge in [0.2, 0.25) is 0 Å². The zero-order valence-electron chi connectivity index (χ0n) is 6.09. The van der Waals surface area contributed by atoms with E-state index in [1.165, 1.54) is 11.8 Å². The Morgan fingerprint density at radius 2 is 2.40 bits per heavy atom. The summed E-state index contributed by atoms with van der Waals surface area (Å²) in [5.74, 6) is 0. The second-order valence-corrected chi connectivity index (χ2v) is 2.32. The molecule has 0 saturated heterocycles. The van der Waals surface area contributed by atoms with Gasteiger partial charge in [-0.25, -0.2) is 0 Å². The standard InChI is InChI=1S/C9H11N/c1-8-5-3-2-4-6-9(8)7-10/h2,4-7,10H,3H2,1H3. The van der Waals surface area contributed by atoms with E-state index in [4.69, 9.17) is 5.41 Å². The van der Waals surface area contributed by atoms with Crippen molar-refractivity contribution in [3.05, 3.63) is 35.5 Å². The lowest BCUT2D eigenvalue weighted by Gasteiger charge is -1.95. The molecular weight excluding hydrogens is 122 g/mol. The second-order valence-electron chi connectivity index (χ2n) is 2.32. The third-order valence-electron chi connectivity index (χ3n) is 1.58. The first kappa shape index (κ1) is 7.00. The fraction of sp³-hybridized carbons (Fsp3) is 0.222. The topological polar surface area (TPSA) is 23.9 Å². The van der Waals surface area contributed by atoms with Gasteiger partial charge in [0, 0.05) is 6.21 Å². The Morgan fingerprint density at radius 3 is 3.10 bits per heavy atom. The van der Waals surface area contributed by atoms with Crippen molar-refractivity contribution in [1.29, 1.82) is 5.41 Å². The van der Waals surface area contributed by atoms with Gasteiger partial charge in [-0.05, 0) is 24.5 Å². The molecule has 0 bridgehead atoms. The number of hydrogen-bond donors (Lipinski definition) is 1. The van der Waals surface area contributed by atoms with E-state index in [1.54, 1.807) is 0 Å². The van der Waals surface area contributed by atoms with Gasteiger partial charge >= 0.3 is 0 Å². The van der Waals surface area contributed by atoms with Crippen LogP contribution in [0.4, 0.5) is 0 Å². The molecule has 0 fully saturated rings. The van der Waals surface area contributed by atoms with E-state index in [1.807, 2.05) is 19.1 Å². The zero-order chi connectivity index (χ0) is 7.40. The molecule has 0 unspecified atom stereocenters. The largest absolute Gasteiger partial charge is 0.308 e. The maximum absolute atomic E-state index is 7.06. The van der Waals surface area contributed by atoms with Crippen LogP contribution in [-0.4, -0.2) is 6.21 Å². The molecular formula is C9H11N. The first-order valence-electron chi connectivity index (χ1n) is 3.39. The Bertz CT molecular complexity index is 219. The molecule has 52 valence electrons. The van der Waals surface area contributed by atoms with Crippen molar-refractivity contribution in [1.82, 2.24) is 0 Å². The van der Waals surface area contributed by atoms with Gasteiger partial charge < -0.3 is 5.41 Å². The smallest absolute Gasteiger partial charge is 0.0252 e. The molecule has 0 radical (unpaired) electrons. The Hall–Kier alpha value is -1.11. The summed E-state index contributed by atoms with van der Waals surface area (Å²) in [5, 5.41) is 7.06. The predicted octanol–water partition coefficient (Wildman–Crippen LogP) is 2.47. The molecule has 1 rings (SSSR count). The molecule has 1 heteroatoms. The van der Waals surface area contributed by atoms with E-state index in [0.717, 1.165) is 12.0 Å². The maximum Gasteiger partial charge on any atom is 0.0252 e. The average Bonchev–Trinajstić information content (AvgIpc) is 2.13. The van der Waals surface area contributed by atoms with Crippen molar-refractivity contribution in [2.45, 2.75) is 13.3 Å². The van der Waals surface area contributed by atoms with Crippen molar-refractivity contribution < 1.29 is 0 Å². The molecule has 0 aromatic rings. The normalized spacial score (nSPS) is 17.3. The summed E-state index contributed by atoms with van der Waals surface area (Å²) in [5.41, 5.74) is 2.20. The third kappa shape index (κ3) is 1.44. The van der Waals surface area contributed by atoms with Crippen LogP contribution in [0.2, 0.25) is 0 Å². The van der Waals surface area contributed by atoms with Crippen LogP contribution in [0.25, 0.3) is 0 Å². The van der Waals surface area contributed by atoms with Crippen LogP contribution in [0.1, 0.15) is 13.3 Å². The highest BCUT2D eigenvalue weighted by molar-refractivity contribution is 5.82. The van der Waals surface area contributed by atoms with E-state index in [9.17, 15) is 0 Å². The van der Waals surface area contributed by atoms with Crippen LogP contribution >= 0.6 is 0 Å². The lowest BCUT2D eigenvalue weighted by Crippen LogP contribution is -1.83. The van der Waals surface area contributed by atoms with Crippen molar-refractivity contribution >= 4 is 6.21 Å². The van der Waals surface area contributed by atoms with Crippen molar-refractivity contribution in [2.24, 2.45) is 0 Å². The number of nitrogens with one attached hydrogen (secondary N) is 1. The fourth-order valence-electron chi connectivity index (χ4n) is 0.906. The first-order chi connectivity index (χ1) is 4.84. The van der Waals surface area contributed by atoms with Gasteiger partial charge in [0.1, 0.15) is 0 Å². The average molecular weight is 133 g/mol. The molecule has 1 aliphatic carbocycles. The summed E-state index contributed by atoms with van der Waals surface area (Å²) in [6.07, 6.45) is 10.5. The van der Waals surface area contributed by atoms with Gasteiger partial charge in [0.05, 0.1) is 0 Å². The molecule has 0 aromatic carbocycles. The number of allylic oxidation sites excluding steroid dienone is 6. The van der Waals surface area contributed by atoms with Crippen LogP contribution in [0.15, 0.2) is 35.5 Å². The molecule has 0 amide bonds.